The average molecular weight is 209 g/mol. The molecule has 0 radical (unpaired) electrons. The molecule has 0 bridgehead atoms. The minimum Gasteiger partial charge on any atom is -0.302 e. The van der Waals surface area contributed by atoms with Gasteiger partial charge in [0.15, 0.2) is 0 Å². The molecule has 15 heavy (non-hydrogen) atoms. The van der Waals surface area contributed by atoms with Gasteiger partial charge >= 0.3 is 0 Å². The smallest absolute Gasteiger partial charge is 0.108 e. The largest absolute Gasteiger partial charge is 0.302 e. The van der Waals surface area contributed by atoms with Crippen molar-refractivity contribution < 1.29 is 0 Å². The summed E-state index contributed by atoms with van der Waals surface area (Å²) in [5.74, 6) is 0. The van der Waals surface area contributed by atoms with Crippen LogP contribution in [0.3, 0.4) is 0 Å². The maximum atomic E-state index is 9.25. The van der Waals surface area contributed by atoms with Gasteiger partial charge in [0.05, 0.1) is 6.07 Å². The van der Waals surface area contributed by atoms with E-state index in [-0.39, 0.29) is 5.54 Å². The summed E-state index contributed by atoms with van der Waals surface area (Å²) < 4.78 is 0. The van der Waals surface area contributed by atoms with Gasteiger partial charge in [0.2, 0.25) is 0 Å². The molecule has 86 valence electrons. The minimum atomic E-state index is -0.286. The van der Waals surface area contributed by atoms with Gasteiger partial charge in [-0.05, 0) is 53.6 Å². The quantitative estimate of drug-likeness (QED) is 0.769. The third-order valence-electron chi connectivity index (χ3n) is 3.81. The van der Waals surface area contributed by atoms with Crippen LogP contribution in [0.25, 0.3) is 0 Å². The highest BCUT2D eigenvalue weighted by molar-refractivity contribution is 5.10. The topological polar surface area (TPSA) is 39.1 Å². The van der Waals surface area contributed by atoms with Crippen LogP contribution in [0.4, 0.5) is 0 Å². The highest BCUT2D eigenvalue weighted by Gasteiger charge is 2.36. The average Bonchev–Trinajstić information content (AvgIpc) is 2.28. The van der Waals surface area contributed by atoms with E-state index in [4.69, 9.17) is 0 Å². The van der Waals surface area contributed by atoms with Crippen LogP contribution < -0.4 is 5.32 Å². The fraction of sp³-hybridized carbons (Fsp3) is 0.917. The van der Waals surface area contributed by atoms with Crippen molar-refractivity contribution >= 4 is 0 Å². The number of nitriles is 1. The molecule has 0 saturated heterocycles. The van der Waals surface area contributed by atoms with Crippen molar-refractivity contribution in [3.63, 3.8) is 0 Å². The van der Waals surface area contributed by atoms with Crippen LogP contribution in [0.15, 0.2) is 0 Å². The molecule has 1 fully saturated rings. The first kappa shape index (κ1) is 12.5. The summed E-state index contributed by atoms with van der Waals surface area (Å²) >= 11 is 0. The Morgan fingerprint density at radius 1 is 1.53 bits per heavy atom. The fourth-order valence-corrected chi connectivity index (χ4v) is 2.40. The summed E-state index contributed by atoms with van der Waals surface area (Å²) in [6.45, 7) is 4.42. The van der Waals surface area contributed by atoms with Gasteiger partial charge in [-0.1, -0.05) is 0 Å². The summed E-state index contributed by atoms with van der Waals surface area (Å²) in [5.41, 5.74) is -0.286. The Balaban J connectivity index is 2.68. The van der Waals surface area contributed by atoms with E-state index in [9.17, 15) is 5.26 Å². The summed E-state index contributed by atoms with van der Waals surface area (Å²) in [6.07, 6.45) is 4.31. The standard InChI is InChI=1S/C12H23N3/c1-10(2)15(4)11-6-5-7-12(8-11,9-13)14-3/h10-11,14H,5-8H2,1-4H3. The Morgan fingerprint density at radius 2 is 2.20 bits per heavy atom. The third kappa shape index (κ3) is 2.70. The Hall–Kier alpha value is -0.590. The highest BCUT2D eigenvalue weighted by atomic mass is 15.2. The van der Waals surface area contributed by atoms with Crippen LogP contribution in [0, 0.1) is 11.3 Å². The molecule has 3 heteroatoms. The number of nitrogens with zero attached hydrogens (tertiary/aromatic N) is 2. The third-order valence-corrected chi connectivity index (χ3v) is 3.81. The van der Waals surface area contributed by atoms with Gasteiger partial charge in [0.25, 0.3) is 0 Å². The molecule has 2 atom stereocenters. The van der Waals surface area contributed by atoms with Crippen LogP contribution in [0.5, 0.6) is 0 Å². The predicted octanol–water partition coefficient (Wildman–Crippen LogP) is 1.75. The van der Waals surface area contributed by atoms with E-state index >= 15 is 0 Å². The molecule has 1 aliphatic carbocycles. The SMILES string of the molecule is CNC1(C#N)CCCC(N(C)C(C)C)C1. The van der Waals surface area contributed by atoms with Crippen molar-refractivity contribution in [2.24, 2.45) is 0 Å². The lowest BCUT2D eigenvalue weighted by Crippen LogP contribution is -2.52. The zero-order chi connectivity index (χ0) is 11.5. The Kier molecular flexibility index (Phi) is 4.12. The normalized spacial score (nSPS) is 31.9. The second-order valence-electron chi connectivity index (χ2n) is 4.95. The second kappa shape index (κ2) is 4.96. The second-order valence-corrected chi connectivity index (χ2v) is 4.95. The van der Waals surface area contributed by atoms with Crippen LogP contribution >= 0.6 is 0 Å². The van der Waals surface area contributed by atoms with Gasteiger partial charge < -0.3 is 10.2 Å². The van der Waals surface area contributed by atoms with Crippen LogP contribution in [0.1, 0.15) is 39.5 Å². The lowest BCUT2D eigenvalue weighted by molar-refractivity contribution is 0.122. The number of rotatable bonds is 3. The monoisotopic (exact) mass is 209 g/mol. The van der Waals surface area contributed by atoms with Crippen molar-refractivity contribution in [2.45, 2.75) is 57.2 Å². The first-order chi connectivity index (χ1) is 7.04. The molecule has 1 aliphatic rings. The Bertz CT molecular complexity index is 244. The van der Waals surface area contributed by atoms with Crippen molar-refractivity contribution in [1.29, 1.82) is 5.26 Å². The molecular formula is C12H23N3. The van der Waals surface area contributed by atoms with Gasteiger partial charge in [0.1, 0.15) is 5.54 Å². The van der Waals surface area contributed by atoms with Crippen LogP contribution in [-0.2, 0) is 0 Å². The summed E-state index contributed by atoms with van der Waals surface area (Å²) in [7, 11) is 4.07. The van der Waals surface area contributed by atoms with E-state index in [0.717, 1.165) is 19.3 Å². The Morgan fingerprint density at radius 3 is 2.67 bits per heavy atom. The van der Waals surface area contributed by atoms with Gasteiger partial charge in [0, 0.05) is 12.1 Å². The van der Waals surface area contributed by atoms with Gasteiger partial charge in [-0.2, -0.15) is 5.26 Å². The lowest BCUT2D eigenvalue weighted by Gasteiger charge is -2.41. The summed E-state index contributed by atoms with van der Waals surface area (Å²) in [6, 6.07) is 3.56. The van der Waals surface area contributed by atoms with Gasteiger partial charge in [-0.3, -0.25) is 0 Å². The molecule has 1 rings (SSSR count). The maximum Gasteiger partial charge on any atom is 0.108 e. The molecule has 0 spiro atoms. The van der Waals surface area contributed by atoms with E-state index in [1.54, 1.807) is 0 Å². The summed E-state index contributed by atoms with van der Waals surface area (Å²) in [4.78, 5) is 2.39. The number of hydrogen-bond donors (Lipinski definition) is 1. The van der Waals surface area contributed by atoms with Crippen molar-refractivity contribution in [1.82, 2.24) is 10.2 Å². The first-order valence-corrected chi connectivity index (χ1v) is 5.87. The van der Waals surface area contributed by atoms with E-state index in [1.807, 2.05) is 7.05 Å². The van der Waals surface area contributed by atoms with E-state index in [0.29, 0.717) is 12.1 Å². The molecule has 2 unspecified atom stereocenters. The minimum absolute atomic E-state index is 0.286. The molecule has 3 nitrogen and oxygen atoms in total. The molecule has 0 aromatic heterocycles. The zero-order valence-electron chi connectivity index (χ0n) is 10.4. The molecule has 0 aromatic carbocycles. The molecule has 0 aromatic rings. The van der Waals surface area contributed by atoms with E-state index < -0.39 is 0 Å². The molecule has 1 saturated carbocycles. The first-order valence-electron chi connectivity index (χ1n) is 5.87. The zero-order valence-corrected chi connectivity index (χ0v) is 10.4. The number of nitrogens with one attached hydrogen (secondary N) is 1. The molecular weight excluding hydrogens is 186 g/mol. The number of hydrogen-bond acceptors (Lipinski definition) is 3. The van der Waals surface area contributed by atoms with E-state index in [1.165, 1.54) is 6.42 Å². The Labute approximate surface area is 93.5 Å². The van der Waals surface area contributed by atoms with Crippen LogP contribution in [0.2, 0.25) is 0 Å². The highest BCUT2D eigenvalue weighted by Crippen LogP contribution is 2.30. The predicted molar refractivity (Wildman–Crippen MR) is 62.6 cm³/mol. The molecule has 0 amide bonds. The lowest BCUT2D eigenvalue weighted by atomic mass is 9.79. The van der Waals surface area contributed by atoms with Crippen molar-refractivity contribution in [3.8, 4) is 6.07 Å². The van der Waals surface area contributed by atoms with Crippen molar-refractivity contribution in [3.05, 3.63) is 0 Å². The fourth-order valence-electron chi connectivity index (χ4n) is 2.40. The maximum absolute atomic E-state index is 9.25. The van der Waals surface area contributed by atoms with Crippen molar-refractivity contribution in [2.75, 3.05) is 14.1 Å². The molecule has 1 N–H and O–H groups in total. The van der Waals surface area contributed by atoms with Gasteiger partial charge in [-0.25, -0.2) is 0 Å². The molecule has 0 aliphatic heterocycles. The van der Waals surface area contributed by atoms with Crippen LogP contribution in [-0.4, -0.2) is 36.6 Å². The van der Waals surface area contributed by atoms with Gasteiger partial charge in [-0.15, -0.1) is 0 Å². The molecule has 0 heterocycles. The summed E-state index contributed by atoms with van der Waals surface area (Å²) in [5, 5.41) is 12.5. The van der Waals surface area contributed by atoms with E-state index in [2.05, 4.69) is 37.2 Å².